The molecule has 0 unspecified atom stereocenters. The number of nitrogens with zero attached hydrogens (tertiary/aromatic N) is 1. The third-order valence-electron chi connectivity index (χ3n) is 4.68. The van der Waals surface area contributed by atoms with Crippen LogP contribution in [0.4, 0.5) is 8.78 Å². The average molecular weight is 370 g/mol. The van der Waals surface area contributed by atoms with E-state index in [1.54, 1.807) is 0 Å². The second-order valence-corrected chi connectivity index (χ2v) is 6.71. The second kappa shape index (κ2) is 8.33. The van der Waals surface area contributed by atoms with Gasteiger partial charge >= 0.3 is 0 Å². The van der Waals surface area contributed by atoms with Gasteiger partial charge in [-0.2, -0.15) is 0 Å². The largest absolute Gasteiger partial charge is 0.354 e. The first-order valence-corrected chi connectivity index (χ1v) is 9.37. The van der Waals surface area contributed by atoms with E-state index in [2.05, 4.69) is 4.98 Å². The van der Waals surface area contributed by atoms with Gasteiger partial charge in [0.25, 0.3) is 0 Å². The first-order valence-electron chi connectivity index (χ1n) is 9.37. The molecule has 0 aliphatic heterocycles. The number of para-hydroxylation sites is 1. The van der Waals surface area contributed by atoms with Crippen LogP contribution in [-0.2, 0) is 11.2 Å². The lowest BCUT2D eigenvalue weighted by atomic mass is 10.0. The Kier molecular flexibility index (Phi) is 5.89. The number of aromatic amines is 1. The maximum Gasteiger partial charge on any atom is 0.227 e. The quantitative estimate of drug-likeness (QED) is 0.602. The van der Waals surface area contributed by atoms with Crippen LogP contribution >= 0.6 is 0 Å². The molecule has 2 aromatic carbocycles. The molecule has 0 bridgehead atoms. The standard InChI is InChI=1S/C22H24F2N2O/c1-3-11-26(12-4-2)21(27)14-18-16-7-5-6-8-20(16)25-22(18)17-10-9-15(23)13-19(17)24/h5-10,13,25H,3-4,11-12,14H2,1-2H3. The van der Waals surface area contributed by atoms with Crippen LogP contribution in [0.15, 0.2) is 42.5 Å². The van der Waals surface area contributed by atoms with Gasteiger partial charge in [0, 0.05) is 35.6 Å². The summed E-state index contributed by atoms with van der Waals surface area (Å²) in [4.78, 5) is 18.0. The normalized spacial score (nSPS) is 11.1. The maximum absolute atomic E-state index is 14.4. The zero-order chi connectivity index (χ0) is 19.4. The highest BCUT2D eigenvalue weighted by Gasteiger charge is 2.21. The number of hydrogen-bond acceptors (Lipinski definition) is 1. The van der Waals surface area contributed by atoms with Crippen molar-refractivity contribution >= 4 is 16.8 Å². The monoisotopic (exact) mass is 370 g/mol. The average Bonchev–Trinajstić information content (AvgIpc) is 3.00. The topological polar surface area (TPSA) is 36.1 Å². The molecule has 0 spiro atoms. The molecule has 3 nitrogen and oxygen atoms in total. The van der Waals surface area contributed by atoms with Crippen LogP contribution in [0.5, 0.6) is 0 Å². The number of fused-ring (bicyclic) bond motifs is 1. The van der Waals surface area contributed by atoms with E-state index in [9.17, 15) is 13.6 Å². The molecule has 1 N–H and O–H groups in total. The fourth-order valence-electron chi connectivity index (χ4n) is 3.47. The number of nitrogens with one attached hydrogen (secondary N) is 1. The summed E-state index contributed by atoms with van der Waals surface area (Å²) < 4.78 is 27.8. The van der Waals surface area contributed by atoms with Gasteiger partial charge in [-0.3, -0.25) is 4.79 Å². The summed E-state index contributed by atoms with van der Waals surface area (Å²) in [6, 6.07) is 11.1. The number of benzene rings is 2. The number of H-pyrrole nitrogens is 1. The molecule has 1 heterocycles. The van der Waals surface area contributed by atoms with E-state index in [1.807, 2.05) is 43.0 Å². The van der Waals surface area contributed by atoms with Gasteiger partial charge in [-0.1, -0.05) is 32.0 Å². The Morgan fingerprint density at radius 1 is 1.04 bits per heavy atom. The van der Waals surface area contributed by atoms with E-state index in [1.165, 1.54) is 12.1 Å². The lowest BCUT2D eigenvalue weighted by molar-refractivity contribution is -0.130. The fraction of sp³-hybridized carbons (Fsp3) is 0.318. The smallest absolute Gasteiger partial charge is 0.227 e. The number of hydrogen-bond donors (Lipinski definition) is 1. The molecule has 1 aromatic heterocycles. The molecule has 142 valence electrons. The molecular weight excluding hydrogens is 346 g/mol. The Labute approximate surface area is 158 Å². The summed E-state index contributed by atoms with van der Waals surface area (Å²) in [5.41, 5.74) is 2.39. The molecule has 1 amide bonds. The predicted octanol–water partition coefficient (Wildman–Crippen LogP) is 5.30. The Morgan fingerprint density at radius 3 is 2.41 bits per heavy atom. The summed E-state index contributed by atoms with van der Waals surface area (Å²) >= 11 is 0. The number of carbonyl (C=O) groups excluding carboxylic acids is 1. The van der Waals surface area contributed by atoms with Gasteiger partial charge in [-0.25, -0.2) is 8.78 Å². The summed E-state index contributed by atoms with van der Waals surface area (Å²) in [5, 5.41) is 0.887. The number of rotatable bonds is 7. The number of halogens is 2. The van der Waals surface area contributed by atoms with Crippen LogP contribution in [0.3, 0.4) is 0 Å². The van der Waals surface area contributed by atoms with E-state index >= 15 is 0 Å². The van der Waals surface area contributed by atoms with E-state index in [-0.39, 0.29) is 17.9 Å². The van der Waals surface area contributed by atoms with Crippen molar-refractivity contribution in [1.29, 1.82) is 0 Å². The maximum atomic E-state index is 14.4. The van der Waals surface area contributed by atoms with Crippen molar-refractivity contribution in [2.24, 2.45) is 0 Å². The highest BCUT2D eigenvalue weighted by atomic mass is 19.1. The molecule has 0 aliphatic rings. The molecule has 0 aliphatic carbocycles. The summed E-state index contributed by atoms with van der Waals surface area (Å²) in [7, 11) is 0. The molecule has 5 heteroatoms. The lowest BCUT2D eigenvalue weighted by Crippen LogP contribution is -2.33. The van der Waals surface area contributed by atoms with Crippen molar-refractivity contribution in [3.8, 4) is 11.3 Å². The Bertz CT molecular complexity index is 943. The van der Waals surface area contributed by atoms with Gasteiger partial charge in [0.1, 0.15) is 11.6 Å². The third kappa shape index (κ3) is 4.02. The third-order valence-corrected chi connectivity index (χ3v) is 4.68. The molecule has 0 atom stereocenters. The van der Waals surface area contributed by atoms with E-state index in [0.717, 1.165) is 35.4 Å². The summed E-state index contributed by atoms with van der Waals surface area (Å²) in [6.07, 6.45) is 1.95. The van der Waals surface area contributed by atoms with E-state index < -0.39 is 11.6 Å². The van der Waals surface area contributed by atoms with Crippen molar-refractivity contribution in [2.45, 2.75) is 33.1 Å². The van der Waals surface area contributed by atoms with Gasteiger partial charge in [-0.05, 0) is 36.6 Å². The van der Waals surface area contributed by atoms with Crippen LogP contribution in [0, 0.1) is 11.6 Å². The number of carbonyl (C=O) groups is 1. The van der Waals surface area contributed by atoms with Crippen molar-refractivity contribution in [3.63, 3.8) is 0 Å². The predicted molar refractivity (Wildman–Crippen MR) is 105 cm³/mol. The van der Waals surface area contributed by atoms with Crippen LogP contribution < -0.4 is 0 Å². The van der Waals surface area contributed by atoms with Crippen LogP contribution in [0.25, 0.3) is 22.2 Å². The highest BCUT2D eigenvalue weighted by molar-refractivity contribution is 5.95. The minimum atomic E-state index is -0.644. The van der Waals surface area contributed by atoms with Crippen molar-refractivity contribution < 1.29 is 13.6 Å². The lowest BCUT2D eigenvalue weighted by Gasteiger charge is -2.21. The molecule has 0 fully saturated rings. The van der Waals surface area contributed by atoms with Gasteiger partial charge < -0.3 is 9.88 Å². The van der Waals surface area contributed by atoms with E-state index in [0.29, 0.717) is 18.8 Å². The number of amides is 1. The van der Waals surface area contributed by atoms with Crippen LogP contribution in [-0.4, -0.2) is 28.9 Å². The Hall–Kier alpha value is -2.69. The highest BCUT2D eigenvalue weighted by Crippen LogP contribution is 2.32. The summed E-state index contributed by atoms with van der Waals surface area (Å²) in [5.74, 6) is -1.25. The van der Waals surface area contributed by atoms with Crippen molar-refractivity contribution in [2.75, 3.05) is 13.1 Å². The Balaban J connectivity index is 2.06. The Morgan fingerprint density at radius 2 is 1.74 bits per heavy atom. The van der Waals surface area contributed by atoms with Gasteiger partial charge in [0.2, 0.25) is 5.91 Å². The fourth-order valence-corrected chi connectivity index (χ4v) is 3.47. The van der Waals surface area contributed by atoms with Crippen molar-refractivity contribution in [1.82, 2.24) is 9.88 Å². The SMILES string of the molecule is CCCN(CCC)C(=O)Cc1c(-c2ccc(F)cc2F)[nH]c2ccccc12. The minimum absolute atomic E-state index is 0.0206. The molecule has 0 saturated carbocycles. The second-order valence-electron chi connectivity index (χ2n) is 6.71. The first-order chi connectivity index (χ1) is 13.0. The first kappa shape index (κ1) is 19.1. The van der Waals surface area contributed by atoms with E-state index in [4.69, 9.17) is 0 Å². The molecule has 3 aromatic rings. The molecule has 0 radical (unpaired) electrons. The van der Waals surface area contributed by atoms with Crippen molar-refractivity contribution in [3.05, 3.63) is 59.7 Å². The van der Waals surface area contributed by atoms with Gasteiger partial charge in [-0.15, -0.1) is 0 Å². The molecule has 27 heavy (non-hydrogen) atoms. The number of aromatic nitrogens is 1. The van der Waals surface area contributed by atoms with Crippen LogP contribution in [0.1, 0.15) is 32.3 Å². The zero-order valence-corrected chi connectivity index (χ0v) is 15.7. The zero-order valence-electron chi connectivity index (χ0n) is 15.7. The molecule has 3 rings (SSSR count). The minimum Gasteiger partial charge on any atom is -0.354 e. The van der Waals surface area contributed by atoms with Crippen LogP contribution in [0.2, 0.25) is 0 Å². The molecule has 0 saturated heterocycles. The molecular formula is C22H24F2N2O. The van der Waals surface area contributed by atoms with Gasteiger partial charge in [0.05, 0.1) is 12.1 Å². The summed E-state index contributed by atoms with van der Waals surface area (Å²) in [6.45, 7) is 5.49. The van der Waals surface area contributed by atoms with Gasteiger partial charge in [0.15, 0.2) is 0 Å².